The standard InChI is InChI=1S/C13H12ClIN4O/c1-8-11(14)12(19(2)18-8)13(20)17-16-7-9-5-3-4-6-10(9)15/h3-7H,1-2H3,(H,17,20). The van der Waals surface area contributed by atoms with Crippen LogP contribution >= 0.6 is 34.2 Å². The molecule has 0 bridgehead atoms. The highest BCUT2D eigenvalue weighted by atomic mass is 127. The fourth-order valence-electron chi connectivity index (χ4n) is 1.67. The highest BCUT2D eigenvalue weighted by Crippen LogP contribution is 2.18. The zero-order valence-electron chi connectivity index (χ0n) is 10.9. The summed E-state index contributed by atoms with van der Waals surface area (Å²) >= 11 is 8.24. The van der Waals surface area contributed by atoms with Gasteiger partial charge < -0.3 is 0 Å². The number of halogens is 2. The Morgan fingerprint density at radius 2 is 2.20 bits per heavy atom. The lowest BCUT2D eigenvalue weighted by atomic mass is 10.2. The summed E-state index contributed by atoms with van der Waals surface area (Å²) in [5.74, 6) is -0.389. The number of nitrogens with one attached hydrogen (secondary N) is 1. The van der Waals surface area contributed by atoms with Crippen LogP contribution in [-0.2, 0) is 7.05 Å². The Balaban J connectivity index is 2.11. The predicted molar refractivity (Wildman–Crippen MR) is 87.2 cm³/mol. The Kier molecular flexibility index (Phi) is 4.77. The molecule has 0 unspecified atom stereocenters. The Morgan fingerprint density at radius 3 is 2.80 bits per heavy atom. The summed E-state index contributed by atoms with van der Waals surface area (Å²) in [6.07, 6.45) is 1.59. The minimum absolute atomic E-state index is 0.295. The van der Waals surface area contributed by atoms with E-state index in [9.17, 15) is 4.79 Å². The van der Waals surface area contributed by atoms with Crippen molar-refractivity contribution in [3.8, 4) is 0 Å². The molecule has 0 spiro atoms. The number of amides is 1. The van der Waals surface area contributed by atoms with Crippen LogP contribution in [-0.4, -0.2) is 21.9 Å². The molecule has 1 heterocycles. The predicted octanol–water partition coefficient (Wildman–Crippen LogP) is 2.75. The Bertz CT molecular complexity index is 681. The number of aromatic nitrogens is 2. The number of hydrogen-bond donors (Lipinski definition) is 1. The van der Waals surface area contributed by atoms with Crippen LogP contribution in [0, 0.1) is 10.5 Å². The fourth-order valence-corrected chi connectivity index (χ4v) is 2.44. The molecule has 0 aliphatic heterocycles. The van der Waals surface area contributed by atoms with Gasteiger partial charge in [0.2, 0.25) is 0 Å². The average molecular weight is 403 g/mol. The summed E-state index contributed by atoms with van der Waals surface area (Å²) in [4.78, 5) is 12.0. The second-order valence-electron chi connectivity index (χ2n) is 4.09. The minimum Gasteiger partial charge on any atom is -0.266 e. The van der Waals surface area contributed by atoms with Crippen molar-refractivity contribution in [1.29, 1.82) is 0 Å². The number of hydrogen-bond acceptors (Lipinski definition) is 3. The number of aryl methyl sites for hydroxylation is 2. The second kappa shape index (κ2) is 6.36. The molecule has 0 saturated heterocycles. The fraction of sp³-hybridized carbons (Fsp3) is 0.154. The zero-order valence-corrected chi connectivity index (χ0v) is 13.8. The van der Waals surface area contributed by atoms with Crippen molar-refractivity contribution in [3.05, 3.63) is 49.8 Å². The van der Waals surface area contributed by atoms with Crippen LogP contribution in [0.4, 0.5) is 0 Å². The van der Waals surface area contributed by atoms with Gasteiger partial charge in [-0.3, -0.25) is 9.48 Å². The van der Waals surface area contributed by atoms with Crippen molar-refractivity contribution in [2.75, 3.05) is 0 Å². The van der Waals surface area contributed by atoms with Gasteiger partial charge in [0.05, 0.1) is 16.9 Å². The first kappa shape index (κ1) is 15.0. The summed E-state index contributed by atoms with van der Waals surface area (Å²) < 4.78 is 2.49. The number of carbonyl (C=O) groups excluding carboxylic acids is 1. The normalized spacial score (nSPS) is 11.0. The van der Waals surface area contributed by atoms with E-state index in [1.165, 1.54) is 4.68 Å². The molecule has 2 aromatic rings. The molecule has 1 N–H and O–H groups in total. The number of benzene rings is 1. The lowest BCUT2D eigenvalue weighted by Gasteiger charge is -2.01. The van der Waals surface area contributed by atoms with Crippen LogP contribution < -0.4 is 5.43 Å². The minimum atomic E-state index is -0.389. The van der Waals surface area contributed by atoms with E-state index in [4.69, 9.17) is 11.6 Å². The van der Waals surface area contributed by atoms with Crippen LogP contribution in [0.3, 0.4) is 0 Å². The van der Waals surface area contributed by atoms with Gasteiger partial charge in [-0.1, -0.05) is 29.8 Å². The molecule has 0 atom stereocenters. The lowest BCUT2D eigenvalue weighted by molar-refractivity contribution is 0.0946. The SMILES string of the molecule is Cc1nn(C)c(C(=O)NN=Cc2ccccc2I)c1Cl. The molecule has 0 aliphatic rings. The van der Waals surface area contributed by atoms with Gasteiger partial charge in [-0.25, -0.2) is 5.43 Å². The maximum Gasteiger partial charge on any atom is 0.291 e. The molecule has 104 valence electrons. The molecule has 0 saturated carbocycles. The molecule has 1 aromatic heterocycles. The van der Waals surface area contributed by atoms with Crippen LogP contribution in [0.1, 0.15) is 21.7 Å². The zero-order chi connectivity index (χ0) is 14.7. The molecule has 2 rings (SSSR count). The van der Waals surface area contributed by atoms with Crippen LogP contribution in [0.25, 0.3) is 0 Å². The van der Waals surface area contributed by atoms with Crippen molar-refractivity contribution in [3.63, 3.8) is 0 Å². The molecule has 1 amide bonds. The quantitative estimate of drug-likeness (QED) is 0.487. The van der Waals surface area contributed by atoms with Gasteiger partial charge >= 0.3 is 0 Å². The maximum atomic E-state index is 12.0. The first-order chi connectivity index (χ1) is 9.50. The van der Waals surface area contributed by atoms with E-state index in [1.54, 1.807) is 20.2 Å². The van der Waals surface area contributed by atoms with Crippen molar-refractivity contribution in [2.45, 2.75) is 6.92 Å². The number of nitrogens with zero attached hydrogens (tertiary/aromatic N) is 3. The van der Waals surface area contributed by atoms with Crippen LogP contribution in [0.15, 0.2) is 29.4 Å². The van der Waals surface area contributed by atoms with E-state index in [2.05, 4.69) is 38.2 Å². The Morgan fingerprint density at radius 1 is 1.50 bits per heavy atom. The number of rotatable bonds is 3. The van der Waals surface area contributed by atoms with Gasteiger partial charge in [-0.15, -0.1) is 0 Å². The lowest BCUT2D eigenvalue weighted by Crippen LogP contribution is -2.21. The van der Waals surface area contributed by atoms with Gasteiger partial charge in [0, 0.05) is 16.2 Å². The third-order valence-corrected chi connectivity index (χ3v) is 4.07. The van der Waals surface area contributed by atoms with Gasteiger partial charge in [-0.2, -0.15) is 10.2 Å². The topological polar surface area (TPSA) is 59.3 Å². The molecular weight excluding hydrogens is 391 g/mol. The van der Waals surface area contributed by atoms with Crippen molar-refractivity contribution in [1.82, 2.24) is 15.2 Å². The maximum absolute atomic E-state index is 12.0. The second-order valence-corrected chi connectivity index (χ2v) is 5.63. The van der Waals surface area contributed by atoms with Crippen LogP contribution in [0.5, 0.6) is 0 Å². The molecule has 20 heavy (non-hydrogen) atoms. The Labute approximate surface area is 135 Å². The summed E-state index contributed by atoms with van der Waals surface area (Å²) in [5, 5.41) is 8.37. The first-order valence-corrected chi connectivity index (χ1v) is 7.23. The van der Waals surface area contributed by atoms with Gasteiger partial charge in [-0.05, 0) is 35.6 Å². The van der Waals surface area contributed by atoms with Gasteiger partial charge in [0.1, 0.15) is 5.69 Å². The van der Waals surface area contributed by atoms with E-state index in [0.29, 0.717) is 16.4 Å². The van der Waals surface area contributed by atoms with Gasteiger partial charge in [0.25, 0.3) is 5.91 Å². The van der Waals surface area contributed by atoms with E-state index >= 15 is 0 Å². The monoisotopic (exact) mass is 402 g/mol. The van der Waals surface area contributed by atoms with Crippen molar-refractivity contribution in [2.24, 2.45) is 12.1 Å². The van der Waals surface area contributed by atoms with Crippen molar-refractivity contribution < 1.29 is 4.79 Å². The number of carbonyl (C=O) groups is 1. The third kappa shape index (κ3) is 3.18. The van der Waals surface area contributed by atoms with E-state index < -0.39 is 0 Å². The molecule has 0 aliphatic carbocycles. The van der Waals surface area contributed by atoms with Crippen molar-refractivity contribution >= 4 is 46.3 Å². The average Bonchev–Trinajstić information content (AvgIpc) is 2.65. The number of hydrazone groups is 1. The largest absolute Gasteiger partial charge is 0.291 e. The first-order valence-electron chi connectivity index (χ1n) is 5.77. The molecule has 0 radical (unpaired) electrons. The van der Waals surface area contributed by atoms with Crippen LogP contribution in [0.2, 0.25) is 5.02 Å². The van der Waals surface area contributed by atoms with E-state index in [-0.39, 0.29) is 5.91 Å². The third-order valence-electron chi connectivity index (χ3n) is 2.64. The summed E-state index contributed by atoms with van der Waals surface area (Å²) in [6, 6.07) is 7.73. The molecule has 1 aromatic carbocycles. The summed E-state index contributed by atoms with van der Waals surface area (Å²) in [7, 11) is 1.66. The smallest absolute Gasteiger partial charge is 0.266 e. The molecular formula is C13H12ClIN4O. The van der Waals surface area contributed by atoms with E-state index in [1.807, 2.05) is 24.3 Å². The van der Waals surface area contributed by atoms with Gasteiger partial charge in [0.15, 0.2) is 0 Å². The summed E-state index contributed by atoms with van der Waals surface area (Å²) in [6.45, 7) is 1.74. The summed E-state index contributed by atoms with van der Waals surface area (Å²) in [5.41, 5.74) is 4.29. The highest BCUT2D eigenvalue weighted by molar-refractivity contribution is 14.1. The molecule has 0 fully saturated rings. The van der Waals surface area contributed by atoms with E-state index in [0.717, 1.165) is 9.13 Å². The highest BCUT2D eigenvalue weighted by Gasteiger charge is 2.17. The molecule has 7 heteroatoms. The Hall–Kier alpha value is -1.41. The molecule has 5 nitrogen and oxygen atoms in total.